The van der Waals surface area contributed by atoms with Gasteiger partial charge in [-0.15, -0.1) is 22.7 Å². The average Bonchev–Trinajstić information content (AvgIpc) is 1.64. The van der Waals surface area contributed by atoms with Crippen molar-refractivity contribution in [3.63, 3.8) is 0 Å². The number of thiophene rings is 2. The van der Waals surface area contributed by atoms with E-state index < -0.39 is 0 Å². The van der Waals surface area contributed by atoms with Crippen LogP contribution in [0.3, 0.4) is 0 Å². The zero-order valence-electron chi connectivity index (χ0n) is 77.4. The van der Waals surface area contributed by atoms with Gasteiger partial charge in [0.2, 0.25) is 17.1 Å². The van der Waals surface area contributed by atoms with E-state index in [0.717, 1.165) is 150 Å². The zero-order valence-corrected chi connectivity index (χ0v) is 79.1. The lowest BCUT2D eigenvalue weighted by Crippen LogP contribution is -2.16. The van der Waals surface area contributed by atoms with E-state index >= 15 is 0 Å². The minimum absolute atomic E-state index is 0.0755. The van der Waals surface area contributed by atoms with Crippen molar-refractivity contribution in [3.05, 3.63) is 375 Å². The Morgan fingerprint density at radius 2 is 0.398 bits per heavy atom. The highest BCUT2D eigenvalue weighted by atomic mass is 32.1. The fraction of sp³-hybridized carbons (Fsp3) is 0.169. The van der Waals surface area contributed by atoms with Crippen LogP contribution in [-0.4, -0.2) is 49.8 Å². The second-order valence-corrected chi connectivity index (χ2v) is 40.8. The molecule has 0 aliphatic rings. The second-order valence-electron chi connectivity index (χ2n) is 38.7. The van der Waals surface area contributed by atoms with Crippen molar-refractivity contribution in [1.29, 1.82) is 0 Å². The van der Waals surface area contributed by atoms with Gasteiger partial charge in [-0.1, -0.05) is 407 Å². The largest absolute Gasteiger partial charge is 0.438 e. The molecule has 13 nitrogen and oxygen atoms in total. The van der Waals surface area contributed by atoms with Crippen LogP contribution in [-0.2, 0) is 27.1 Å². The van der Waals surface area contributed by atoms with Crippen molar-refractivity contribution >= 4 is 129 Å². The Labute approximate surface area is 782 Å². The van der Waals surface area contributed by atoms with Crippen molar-refractivity contribution < 1.29 is 13.3 Å². The molecule has 654 valence electrons. The SMILES string of the molecule is CC(C)(C)c1nc(-c2ccc(-c3ccccc3)cc2)c2c(n1)oc1ccccc12.CC(C)(C)c1nc(-c2cccc(-c3ccccc3)c2)c2c(n1)oc1ccccc12.CC(C)(C)c1nc(-c2cccc(-c3ccccc3)c2)c2c(n1)sc1ccccc12.CC(C)(C)c1nc(-c2ccccc2)c2c(n1)oc1ccccc12.CC(C)(C)c1nc(-c2ccccc2)c2c(n1)sc1ccccc12. The fourth-order valence-corrected chi connectivity index (χ4v) is 18.6. The van der Waals surface area contributed by atoms with Crippen LogP contribution in [0, 0.1) is 0 Å². The maximum absolute atomic E-state index is 6.11. The Kier molecular flexibility index (Phi) is 23.5. The van der Waals surface area contributed by atoms with E-state index in [1.807, 2.05) is 91.0 Å². The normalized spacial score (nSPS) is 12.0. The molecule has 0 N–H and O–H groups in total. The summed E-state index contributed by atoms with van der Waals surface area (Å²) in [4.78, 5) is 51.2. The fourth-order valence-electron chi connectivity index (χ4n) is 16.4. The van der Waals surface area contributed by atoms with Gasteiger partial charge in [-0.3, -0.25) is 0 Å². The standard InChI is InChI=1S/2C26H22N2O.C26H22N2S.C20H18N2O.C20H18N2S/c1-26(2,3)25-27-23(22-20-14-7-8-15-21(20)29-24(22)28-25)19-13-9-12-18(16-19)17-10-5-4-6-11-17;1-26(2,3)25-27-23(22-20-11-7-8-12-21(20)29-24(22)28-25)19-15-13-18(14-16-19)17-9-5-4-6-10-17;1-26(2,3)25-27-23(22-20-14-7-8-15-21(20)29-24(22)28-25)19-13-9-12-18(16-19)17-10-5-4-6-11-17;2*1-20(2,3)19-21-17(13-9-5-4-6-10-13)16-14-11-7-8-12-15(14)23-18(16)22-19/h3*4-16H,1-3H3;2*4-12H,1-3H3. The van der Waals surface area contributed by atoms with Gasteiger partial charge in [-0.25, -0.2) is 34.9 Å². The van der Waals surface area contributed by atoms with Gasteiger partial charge in [0.1, 0.15) is 55.5 Å². The third-order valence-corrected chi connectivity index (χ3v) is 25.5. The molecule has 0 radical (unpaired) electrons. The van der Waals surface area contributed by atoms with E-state index in [0.29, 0.717) is 17.1 Å². The Balaban J connectivity index is 0.000000108. The maximum Gasteiger partial charge on any atom is 0.231 e. The van der Waals surface area contributed by atoms with E-state index in [4.69, 9.17) is 63.1 Å². The molecule has 0 aliphatic heterocycles. The molecule has 23 aromatic rings. The quantitative estimate of drug-likeness (QED) is 0.141. The predicted octanol–water partition coefficient (Wildman–Crippen LogP) is 32.6. The molecule has 0 fully saturated rings. The Bertz CT molecular complexity index is 7820. The number of furan rings is 3. The summed E-state index contributed by atoms with van der Waals surface area (Å²) in [5.74, 6) is 4.14. The van der Waals surface area contributed by atoms with E-state index in [1.165, 1.54) is 58.9 Å². The Hall–Kier alpha value is -14.9. The van der Waals surface area contributed by atoms with Crippen LogP contribution in [0.25, 0.3) is 196 Å². The highest BCUT2D eigenvalue weighted by molar-refractivity contribution is 7.26. The van der Waals surface area contributed by atoms with Crippen LogP contribution in [0.15, 0.2) is 359 Å². The average molecular weight is 1770 g/mol. The first-order valence-electron chi connectivity index (χ1n) is 45.2. The van der Waals surface area contributed by atoms with Crippen molar-refractivity contribution in [2.45, 2.75) is 131 Å². The lowest BCUT2D eigenvalue weighted by Gasteiger charge is -2.18. The lowest BCUT2D eigenvalue weighted by molar-refractivity contribution is 0.540. The first kappa shape index (κ1) is 87.4. The number of para-hydroxylation sites is 3. The topological polar surface area (TPSA) is 168 Å². The molecule has 133 heavy (non-hydrogen) atoms. The molecule has 0 aliphatic carbocycles. The van der Waals surface area contributed by atoms with Crippen LogP contribution in [0.5, 0.6) is 0 Å². The monoisotopic (exact) mass is 1770 g/mol. The lowest BCUT2D eigenvalue weighted by atomic mass is 9.94. The molecule has 0 saturated heterocycles. The van der Waals surface area contributed by atoms with E-state index in [1.54, 1.807) is 22.7 Å². The molecule has 0 spiro atoms. The van der Waals surface area contributed by atoms with Gasteiger partial charge < -0.3 is 13.3 Å². The second kappa shape index (κ2) is 35.8. The number of rotatable bonds is 8. The van der Waals surface area contributed by atoms with Gasteiger partial charge in [-0.2, -0.15) is 15.0 Å². The molecule has 10 heterocycles. The molecule has 0 bridgehead atoms. The summed E-state index contributed by atoms with van der Waals surface area (Å²) < 4.78 is 20.7. The maximum atomic E-state index is 6.11. The summed E-state index contributed by atoms with van der Waals surface area (Å²) in [7, 11) is 0. The van der Waals surface area contributed by atoms with E-state index in [9.17, 15) is 0 Å². The summed E-state index contributed by atoms with van der Waals surface area (Å²) in [5.41, 5.74) is 21.3. The Morgan fingerprint density at radius 1 is 0.180 bits per heavy atom. The van der Waals surface area contributed by atoms with Gasteiger partial charge in [-0.05, 0) is 75.8 Å². The van der Waals surface area contributed by atoms with Crippen molar-refractivity contribution in [3.8, 4) is 89.7 Å². The predicted molar refractivity (Wildman–Crippen MR) is 555 cm³/mol. The number of hydrogen-bond acceptors (Lipinski definition) is 15. The molecule has 0 saturated carbocycles. The van der Waals surface area contributed by atoms with Gasteiger partial charge in [0, 0.05) is 102 Å². The number of benzene rings is 13. The molecule has 0 atom stereocenters. The molecular weight excluding hydrogens is 1670 g/mol. The highest BCUT2D eigenvalue weighted by Crippen LogP contribution is 2.46. The van der Waals surface area contributed by atoms with Crippen LogP contribution < -0.4 is 0 Å². The first-order valence-corrected chi connectivity index (χ1v) is 46.8. The van der Waals surface area contributed by atoms with Crippen LogP contribution >= 0.6 is 22.7 Å². The molecular formula is C118H102N10O3S2. The van der Waals surface area contributed by atoms with Gasteiger partial charge >= 0.3 is 0 Å². The van der Waals surface area contributed by atoms with Crippen LogP contribution in [0.1, 0.15) is 133 Å². The van der Waals surface area contributed by atoms with Gasteiger partial charge in [0.25, 0.3) is 0 Å². The number of fused-ring (bicyclic) bond motifs is 15. The summed E-state index contributed by atoms with van der Waals surface area (Å²) in [5, 5.41) is 10.9. The van der Waals surface area contributed by atoms with Crippen LogP contribution in [0.4, 0.5) is 0 Å². The summed E-state index contributed by atoms with van der Waals surface area (Å²) in [6, 6.07) is 119. The molecule has 10 aromatic heterocycles. The Morgan fingerprint density at radius 3 is 0.722 bits per heavy atom. The molecule has 13 aromatic carbocycles. The van der Waals surface area contributed by atoms with E-state index in [2.05, 4.69) is 359 Å². The molecule has 23 rings (SSSR count). The smallest absolute Gasteiger partial charge is 0.231 e. The number of hydrogen-bond donors (Lipinski definition) is 0. The zero-order chi connectivity index (χ0) is 92.1. The third-order valence-electron chi connectivity index (χ3n) is 23.4. The van der Waals surface area contributed by atoms with Gasteiger partial charge in [0.15, 0.2) is 0 Å². The summed E-state index contributed by atoms with van der Waals surface area (Å²) in [6.45, 7) is 32.1. The molecule has 15 heteroatoms. The van der Waals surface area contributed by atoms with Crippen LogP contribution in [0.2, 0.25) is 0 Å². The van der Waals surface area contributed by atoms with Crippen molar-refractivity contribution in [2.24, 2.45) is 0 Å². The minimum Gasteiger partial charge on any atom is -0.438 e. The third kappa shape index (κ3) is 18.2. The van der Waals surface area contributed by atoms with Gasteiger partial charge in [0.05, 0.1) is 44.6 Å². The summed E-state index contributed by atoms with van der Waals surface area (Å²) >= 11 is 3.50. The molecule has 0 unspecified atom stereocenters. The number of aromatic nitrogens is 10. The molecule has 0 amide bonds. The van der Waals surface area contributed by atoms with Crippen molar-refractivity contribution in [1.82, 2.24) is 49.8 Å². The highest BCUT2D eigenvalue weighted by Gasteiger charge is 2.30. The summed E-state index contributed by atoms with van der Waals surface area (Å²) in [6.07, 6.45) is 0. The van der Waals surface area contributed by atoms with Crippen molar-refractivity contribution in [2.75, 3.05) is 0 Å². The minimum atomic E-state index is -0.182. The number of nitrogens with zero attached hydrogens (tertiary/aromatic N) is 10. The van der Waals surface area contributed by atoms with E-state index in [-0.39, 0.29) is 27.1 Å². The first-order chi connectivity index (χ1) is 64.1.